The zero-order chi connectivity index (χ0) is 16.4. The van der Waals surface area contributed by atoms with Crippen molar-refractivity contribution < 1.29 is 9.00 Å². The number of carbonyl (C=O) groups excluding carboxylic acids is 1. The van der Waals surface area contributed by atoms with Gasteiger partial charge in [-0.2, -0.15) is 9.36 Å². The maximum atomic E-state index is 12.0. The number of anilines is 1. The van der Waals surface area contributed by atoms with E-state index in [9.17, 15) is 9.00 Å². The topological polar surface area (TPSA) is 84.0 Å². The van der Waals surface area contributed by atoms with Gasteiger partial charge in [0.2, 0.25) is 5.13 Å². The molecular formula is C14H18N4O2S3. The average Bonchev–Trinajstić information content (AvgIpc) is 3.05. The molecule has 2 amide bonds. The van der Waals surface area contributed by atoms with Crippen molar-refractivity contribution in [3.05, 3.63) is 17.0 Å². The van der Waals surface area contributed by atoms with E-state index >= 15 is 0 Å². The Morgan fingerprint density at radius 2 is 2.26 bits per heavy atom. The van der Waals surface area contributed by atoms with Crippen LogP contribution in [0, 0.1) is 6.92 Å². The first kappa shape index (κ1) is 16.5. The molecule has 2 heterocycles. The summed E-state index contributed by atoms with van der Waals surface area (Å²) in [5.41, 5.74) is 1.13. The molecule has 2 N–H and O–H groups in total. The molecule has 1 aliphatic carbocycles. The van der Waals surface area contributed by atoms with E-state index in [0.29, 0.717) is 17.5 Å². The van der Waals surface area contributed by atoms with Crippen molar-refractivity contribution in [1.29, 1.82) is 0 Å². The number of nitrogens with one attached hydrogen (secondary N) is 2. The molecule has 9 heteroatoms. The standard InChI is InChI=1S/C14H18N4O2S3/c1-9-4-7-21-10(9)11-16-13(22-18-11)17-12(19)15-8-14(23(2)20)5-3-6-14/h4,7H,3,5-6,8H2,1-2H3,(H2,15,16,17,18,19). The van der Waals surface area contributed by atoms with Crippen molar-refractivity contribution in [2.24, 2.45) is 0 Å². The van der Waals surface area contributed by atoms with Gasteiger partial charge in [0, 0.05) is 35.1 Å². The van der Waals surface area contributed by atoms with Crippen LogP contribution in [0.2, 0.25) is 0 Å². The molecule has 23 heavy (non-hydrogen) atoms. The summed E-state index contributed by atoms with van der Waals surface area (Å²) in [6, 6.07) is 1.69. The number of urea groups is 1. The maximum Gasteiger partial charge on any atom is 0.321 e. The predicted molar refractivity (Wildman–Crippen MR) is 95.6 cm³/mol. The highest BCUT2D eigenvalue weighted by Crippen LogP contribution is 2.36. The average molecular weight is 371 g/mol. The number of thiophene rings is 1. The van der Waals surface area contributed by atoms with Crippen LogP contribution in [0.4, 0.5) is 9.93 Å². The van der Waals surface area contributed by atoms with Gasteiger partial charge in [-0.25, -0.2) is 4.79 Å². The normalized spacial score (nSPS) is 17.3. The minimum atomic E-state index is -0.930. The number of hydrogen-bond donors (Lipinski definition) is 2. The van der Waals surface area contributed by atoms with E-state index in [-0.39, 0.29) is 10.8 Å². The molecule has 1 saturated carbocycles. The highest BCUT2D eigenvalue weighted by molar-refractivity contribution is 7.85. The molecule has 1 aliphatic rings. The smallest absolute Gasteiger partial charge is 0.321 e. The molecule has 0 aliphatic heterocycles. The highest BCUT2D eigenvalue weighted by Gasteiger charge is 2.41. The van der Waals surface area contributed by atoms with Gasteiger partial charge >= 0.3 is 6.03 Å². The molecule has 0 aromatic carbocycles. The first-order valence-corrected chi connectivity index (χ1v) is 10.5. The summed E-state index contributed by atoms with van der Waals surface area (Å²) >= 11 is 2.74. The summed E-state index contributed by atoms with van der Waals surface area (Å²) in [6.45, 7) is 2.44. The van der Waals surface area contributed by atoms with Crippen molar-refractivity contribution in [1.82, 2.24) is 14.7 Å². The van der Waals surface area contributed by atoms with Gasteiger partial charge in [-0.15, -0.1) is 11.3 Å². The van der Waals surface area contributed by atoms with Crippen LogP contribution in [0.3, 0.4) is 0 Å². The minimum Gasteiger partial charge on any atom is -0.336 e. The molecule has 124 valence electrons. The fourth-order valence-electron chi connectivity index (χ4n) is 2.49. The number of rotatable bonds is 5. The fraction of sp³-hybridized carbons (Fsp3) is 0.500. The SMILES string of the molecule is Cc1ccsc1-c1nsc(NC(=O)NCC2(S(C)=O)CCC2)n1. The maximum absolute atomic E-state index is 12.0. The van der Waals surface area contributed by atoms with Gasteiger partial charge in [-0.3, -0.25) is 9.53 Å². The van der Waals surface area contributed by atoms with E-state index in [1.165, 1.54) is 0 Å². The molecule has 1 fully saturated rings. The Morgan fingerprint density at radius 3 is 2.83 bits per heavy atom. The second-order valence-electron chi connectivity index (χ2n) is 5.65. The molecule has 2 aromatic heterocycles. The molecule has 3 rings (SSSR count). The number of carbonyl (C=O) groups is 1. The van der Waals surface area contributed by atoms with Crippen molar-refractivity contribution in [2.45, 2.75) is 30.9 Å². The van der Waals surface area contributed by atoms with Crippen LogP contribution in [-0.2, 0) is 10.8 Å². The second kappa shape index (κ2) is 6.66. The molecule has 1 atom stereocenters. The molecule has 2 aromatic rings. The Balaban J connectivity index is 1.57. The second-order valence-corrected chi connectivity index (χ2v) is 9.10. The Labute approximate surface area is 145 Å². The van der Waals surface area contributed by atoms with E-state index in [0.717, 1.165) is 41.2 Å². The third kappa shape index (κ3) is 3.46. The van der Waals surface area contributed by atoms with Crippen LogP contribution in [0.5, 0.6) is 0 Å². The van der Waals surface area contributed by atoms with E-state index in [4.69, 9.17) is 0 Å². The number of hydrogen-bond acceptors (Lipinski definition) is 6. The van der Waals surface area contributed by atoms with Crippen LogP contribution in [0.25, 0.3) is 10.7 Å². The first-order valence-electron chi connectivity index (χ1n) is 7.27. The lowest BCUT2D eigenvalue weighted by atomic mass is 9.84. The lowest BCUT2D eigenvalue weighted by Crippen LogP contribution is -2.51. The predicted octanol–water partition coefficient (Wildman–Crippen LogP) is 3.00. The molecule has 0 saturated heterocycles. The van der Waals surface area contributed by atoms with Crippen molar-refractivity contribution in [3.63, 3.8) is 0 Å². The molecule has 6 nitrogen and oxygen atoms in total. The summed E-state index contributed by atoms with van der Waals surface area (Å²) in [6.07, 6.45) is 4.58. The number of aryl methyl sites for hydroxylation is 1. The zero-order valence-electron chi connectivity index (χ0n) is 12.9. The van der Waals surface area contributed by atoms with Gasteiger partial charge in [0.15, 0.2) is 5.82 Å². The van der Waals surface area contributed by atoms with Gasteiger partial charge in [0.1, 0.15) is 0 Å². The van der Waals surface area contributed by atoms with E-state index in [1.807, 2.05) is 18.4 Å². The number of amides is 2. The Hall–Kier alpha value is -1.32. The van der Waals surface area contributed by atoms with Crippen LogP contribution < -0.4 is 10.6 Å². The van der Waals surface area contributed by atoms with Crippen LogP contribution in [0.15, 0.2) is 11.4 Å². The third-order valence-electron chi connectivity index (χ3n) is 4.16. The monoisotopic (exact) mass is 370 g/mol. The van der Waals surface area contributed by atoms with Crippen LogP contribution in [-0.4, -0.2) is 37.1 Å². The van der Waals surface area contributed by atoms with Gasteiger partial charge < -0.3 is 5.32 Å². The first-order chi connectivity index (χ1) is 11.0. The van der Waals surface area contributed by atoms with Crippen molar-refractivity contribution in [2.75, 3.05) is 18.1 Å². The Kier molecular flexibility index (Phi) is 4.79. The van der Waals surface area contributed by atoms with Gasteiger partial charge in [0.25, 0.3) is 0 Å². The molecular weight excluding hydrogens is 352 g/mol. The lowest BCUT2D eigenvalue weighted by molar-refractivity contribution is 0.247. The minimum absolute atomic E-state index is 0.252. The summed E-state index contributed by atoms with van der Waals surface area (Å²) in [4.78, 5) is 17.4. The zero-order valence-corrected chi connectivity index (χ0v) is 15.4. The van der Waals surface area contributed by atoms with Crippen molar-refractivity contribution >= 4 is 44.8 Å². The Morgan fingerprint density at radius 1 is 1.48 bits per heavy atom. The van der Waals surface area contributed by atoms with E-state index in [2.05, 4.69) is 20.0 Å². The van der Waals surface area contributed by atoms with Gasteiger partial charge in [-0.1, -0.05) is 6.42 Å². The Bertz CT molecular complexity index is 736. The van der Waals surface area contributed by atoms with E-state index in [1.54, 1.807) is 17.6 Å². The van der Waals surface area contributed by atoms with Gasteiger partial charge in [-0.05, 0) is 36.8 Å². The third-order valence-corrected chi connectivity index (χ3v) is 7.57. The summed E-state index contributed by atoms with van der Waals surface area (Å²) < 4.78 is 15.8. The number of aromatic nitrogens is 2. The molecule has 0 radical (unpaired) electrons. The fourth-order valence-corrected chi connectivity index (χ4v) is 5.11. The summed E-state index contributed by atoms with van der Waals surface area (Å²) in [7, 11) is -0.930. The largest absolute Gasteiger partial charge is 0.336 e. The molecule has 0 spiro atoms. The summed E-state index contributed by atoms with van der Waals surface area (Å²) in [5.74, 6) is 0.642. The highest BCUT2D eigenvalue weighted by atomic mass is 32.2. The number of nitrogens with zero attached hydrogens (tertiary/aromatic N) is 2. The molecule has 1 unspecified atom stereocenters. The molecule has 0 bridgehead atoms. The summed E-state index contributed by atoms with van der Waals surface area (Å²) in [5, 5.41) is 7.97. The van der Waals surface area contributed by atoms with Gasteiger partial charge in [0.05, 0.1) is 9.62 Å². The lowest BCUT2D eigenvalue weighted by Gasteiger charge is -2.39. The van der Waals surface area contributed by atoms with Crippen molar-refractivity contribution in [3.8, 4) is 10.7 Å². The quantitative estimate of drug-likeness (QED) is 0.847. The van der Waals surface area contributed by atoms with E-state index < -0.39 is 10.8 Å². The van der Waals surface area contributed by atoms with Crippen LogP contribution in [0.1, 0.15) is 24.8 Å². The van der Waals surface area contributed by atoms with Crippen LogP contribution >= 0.6 is 22.9 Å².